The van der Waals surface area contributed by atoms with Crippen LogP contribution in [0.15, 0.2) is 41.5 Å². The van der Waals surface area contributed by atoms with E-state index in [9.17, 15) is 0 Å². The second kappa shape index (κ2) is 8.14. The number of pyridine rings is 1. The summed E-state index contributed by atoms with van der Waals surface area (Å²) >= 11 is 1.79. The second-order valence-corrected chi connectivity index (χ2v) is 7.53. The molecule has 0 fully saturated rings. The molecule has 136 valence electrons. The normalized spacial score (nSPS) is 11.6. The second-order valence-electron chi connectivity index (χ2n) is 6.16. The zero-order valence-corrected chi connectivity index (χ0v) is 16.4. The zero-order valence-electron chi connectivity index (χ0n) is 15.6. The summed E-state index contributed by atoms with van der Waals surface area (Å²) in [7, 11) is 1.78. The molecule has 3 aromatic rings. The Bertz CT molecular complexity index is 891. The summed E-state index contributed by atoms with van der Waals surface area (Å²) in [5.74, 6) is 1.61. The van der Waals surface area contributed by atoms with Crippen molar-refractivity contribution in [1.29, 1.82) is 0 Å². The third-order valence-electron chi connectivity index (χ3n) is 3.95. The Labute approximate surface area is 158 Å². The fraction of sp³-hybridized carbons (Fsp3) is 0.316. The van der Waals surface area contributed by atoms with Gasteiger partial charge in [-0.3, -0.25) is 4.99 Å². The molecule has 0 aliphatic heterocycles. The lowest BCUT2D eigenvalue weighted by molar-refractivity contribution is 0.792. The van der Waals surface area contributed by atoms with Crippen LogP contribution in [0.3, 0.4) is 0 Å². The van der Waals surface area contributed by atoms with Crippen molar-refractivity contribution in [3.8, 4) is 5.82 Å². The highest BCUT2D eigenvalue weighted by Crippen LogP contribution is 2.14. The fourth-order valence-corrected chi connectivity index (χ4v) is 3.49. The Hall–Kier alpha value is -2.67. The minimum absolute atomic E-state index is 0.660. The third-order valence-corrected chi connectivity index (χ3v) is 4.95. The molecule has 0 bridgehead atoms. The molecule has 0 atom stereocenters. The number of thiophene rings is 1. The molecule has 0 unspecified atom stereocenters. The van der Waals surface area contributed by atoms with Crippen molar-refractivity contribution in [1.82, 2.24) is 25.4 Å². The van der Waals surface area contributed by atoms with Gasteiger partial charge in [-0.05, 0) is 50.6 Å². The van der Waals surface area contributed by atoms with Crippen molar-refractivity contribution in [2.45, 2.75) is 33.9 Å². The first-order chi connectivity index (χ1) is 12.5. The topological polar surface area (TPSA) is 67.1 Å². The first-order valence-corrected chi connectivity index (χ1v) is 9.35. The van der Waals surface area contributed by atoms with Crippen LogP contribution in [0.2, 0.25) is 0 Å². The summed E-state index contributed by atoms with van der Waals surface area (Å²) in [6.45, 7) is 7.56. The van der Waals surface area contributed by atoms with Gasteiger partial charge in [0.25, 0.3) is 0 Å². The summed E-state index contributed by atoms with van der Waals surface area (Å²) in [4.78, 5) is 11.4. The van der Waals surface area contributed by atoms with Crippen molar-refractivity contribution in [3.05, 3.63) is 63.2 Å². The van der Waals surface area contributed by atoms with Crippen molar-refractivity contribution >= 4 is 17.3 Å². The highest BCUT2D eigenvalue weighted by Gasteiger charge is 2.05. The van der Waals surface area contributed by atoms with Crippen LogP contribution in [0, 0.1) is 20.8 Å². The van der Waals surface area contributed by atoms with Crippen LogP contribution < -0.4 is 10.6 Å². The minimum atomic E-state index is 0.660. The molecule has 0 saturated carbocycles. The van der Waals surface area contributed by atoms with Crippen LogP contribution in [-0.4, -0.2) is 27.8 Å². The van der Waals surface area contributed by atoms with Crippen molar-refractivity contribution in [2.24, 2.45) is 4.99 Å². The molecule has 0 amide bonds. The van der Waals surface area contributed by atoms with Crippen molar-refractivity contribution in [2.75, 3.05) is 7.05 Å². The number of nitrogens with zero attached hydrogens (tertiary/aromatic N) is 4. The standard InChI is InChI=1S/C19H24N6S/c1-13-9-14(2)25(24-13)18-8-6-16(10-21-18)11-22-19(20-4)23-12-17-7-5-15(3)26-17/h5-10H,11-12H2,1-4H3,(H2,20,22,23). The van der Waals surface area contributed by atoms with Gasteiger partial charge in [0, 0.05) is 35.2 Å². The fourth-order valence-electron chi connectivity index (χ4n) is 2.66. The summed E-state index contributed by atoms with van der Waals surface area (Å²) in [5, 5.41) is 11.1. The third kappa shape index (κ3) is 4.49. The number of aromatic nitrogens is 3. The molecule has 2 N–H and O–H groups in total. The average molecular weight is 369 g/mol. The van der Waals surface area contributed by atoms with Gasteiger partial charge in [-0.2, -0.15) is 5.10 Å². The van der Waals surface area contributed by atoms with Gasteiger partial charge in [0.1, 0.15) is 0 Å². The predicted molar refractivity (Wildman–Crippen MR) is 107 cm³/mol. The van der Waals surface area contributed by atoms with Gasteiger partial charge >= 0.3 is 0 Å². The molecule has 0 radical (unpaired) electrons. The predicted octanol–water partition coefficient (Wildman–Crippen LogP) is 3.12. The number of hydrogen-bond donors (Lipinski definition) is 2. The van der Waals surface area contributed by atoms with Gasteiger partial charge in [0.05, 0.1) is 12.2 Å². The Kier molecular flexibility index (Phi) is 5.68. The number of guanidine groups is 1. The van der Waals surface area contributed by atoms with E-state index in [-0.39, 0.29) is 0 Å². The monoisotopic (exact) mass is 368 g/mol. The van der Waals surface area contributed by atoms with Crippen LogP contribution in [-0.2, 0) is 13.1 Å². The van der Waals surface area contributed by atoms with Crippen LogP contribution in [0.25, 0.3) is 5.82 Å². The lowest BCUT2D eigenvalue weighted by Gasteiger charge is -2.11. The van der Waals surface area contributed by atoms with E-state index in [1.807, 2.05) is 36.9 Å². The first-order valence-electron chi connectivity index (χ1n) is 8.53. The van der Waals surface area contributed by atoms with E-state index in [0.29, 0.717) is 6.54 Å². The molecular weight excluding hydrogens is 344 g/mol. The first kappa shape index (κ1) is 18.1. The highest BCUT2D eigenvalue weighted by atomic mass is 32.1. The number of aryl methyl sites for hydroxylation is 3. The van der Waals surface area contributed by atoms with Crippen LogP contribution >= 0.6 is 11.3 Å². The maximum Gasteiger partial charge on any atom is 0.191 e. The van der Waals surface area contributed by atoms with E-state index in [4.69, 9.17) is 0 Å². The van der Waals surface area contributed by atoms with Gasteiger partial charge in [-0.1, -0.05) is 6.07 Å². The molecule has 0 saturated heterocycles. The maximum atomic E-state index is 4.53. The summed E-state index contributed by atoms with van der Waals surface area (Å²) in [5.41, 5.74) is 3.16. The Balaban J connectivity index is 1.55. The van der Waals surface area contributed by atoms with Gasteiger partial charge in [-0.15, -0.1) is 11.3 Å². The molecule has 0 spiro atoms. The van der Waals surface area contributed by atoms with Crippen LogP contribution in [0.5, 0.6) is 0 Å². The Morgan fingerprint density at radius 1 is 1.12 bits per heavy atom. The molecule has 6 nitrogen and oxygen atoms in total. The van der Waals surface area contributed by atoms with E-state index in [0.717, 1.165) is 35.3 Å². The zero-order chi connectivity index (χ0) is 18.5. The van der Waals surface area contributed by atoms with Gasteiger partial charge in [0.2, 0.25) is 0 Å². The van der Waals surface area contributed by atoms with Gasteiger partial charge < -0.3 is 10.6 Å². The summed E-state index contributed by atoms with van der Waals surface area (Å²) in [6.07, 6.45) is 1.87. The molecule has 0 aromatic carbocycles. The SMILES string of the molecule is CN=C(NCc1ccc(-n2nc(C)cc2C)nc1)NCc1ccc(C)s1. The minimum Gasteiger partial charge on any atom is -0.352 e. The molecule has 3 rings (SSSR count). The van der Waals surface area contributed by atoms with E-state index in [1.54, 1.807) is 18.4 Å². The largest absolute Gasteiger partial charge is 0.352 e. The lowest BCUT2D eigenvalue weighted by Crippen LogP contribution is -2.36. The Morgan fingerprint density at radius 2 is 1.92 bits per heavy atom. The average Bonchev–Trinajstić information content (AvgIpc) is 3.20. The molecule has 26 heavy (non-hydrogen) atoms. The van der Waals surface area contributed by atoms with E-state index in [2.05, 4.69) is 50.8 Å². The maximum absolute atomic E-state index is 4.53. The number of nitrogens with one attached hydrogen (secondary N) is 2. The molecule has 0 aliphatic rings. The number of hydrogen-bond acceptors (Lipinski definition) is 4. The van der Waals surface area contributed by atoms with Crippen molar-refractivity contribution < 1.29 is 0 Å². The summed E-state index contributed by atoms with van der Waals surface area (Å²) < 4.78 is 1.86. The van der Waals surface area contributed by atoms with E-state index >= 15 is 0 Å². The number of rotatable bonds is 5. The highest BCUT2D eigenvalue weighted by molar-refractivity contribution is 7.11. The molecule has 0 aliphatic carbocycles. The molecule has 3 heterocycles. The van der Waals surface area contributed by atoms with Crippen LogP contribution in [0.1, 0.15) is 26.7 Å². The molecule has 7 heteroatoms. The quantitative estimate of drug-likeness (QED) is 0.536. The van der Waals surface area contributed by atoms with Gasteiger partial charge in [-0.25, -0.2) is 9.67 Å². The lowest BCUT2D eigenvalue weighted by atomic mass is 10.3. The van der Waals surface area contributed by atoms with Crippen LogP contribution in [0.4, 0.5) is 0 Å². The van der Waals surface area contributed by atoms with Gasteiger partial charge in [0.15, 0.2) is 11.8 Å². The number of aliphatic imine (C=N–C) groups is 1. The molecule has 3 aromatic heterocycles. The smallest absolute Gasteiger partial charge is 0.191 e. The van der Waals surface area contributed by atoms with Crippen molar-refractivity contribution in [3.63, 3.8) is 0 Å². The molecular formula is C19H24N6S. The van der Waals surface area contributed by atoms with E-state index in [1.165, 1.54) is 9.75 Å². The Morgan fingerprint density at radius 3 is 2.50 bits per heavy atom. The summed E-state index contributed by atoms with van der Waals surface area (Å²) in [6, 6.07) is 10.4. The van der Waals surface area contributed by atoms with E-state index < -0.39 is 0 Å².